The third kappa shape index (κ3) is 4.90. The molecule has 1 aliphatic carbocycles. The molecule has 2 aliphatic rings. The van der Waals surface area contributed by atoms with Gasteiger partial charge in [-0.25, -0.2) is 0 Å². The van der Waals surface area contributed by atoms with Crippen molar-refractivity contribution in [3.05, 3.63) is 71.3 Å². The number of carbonyl (C=O) groups is 2. The summed E-state index contributed by atoms with van der Waals surface area (Å²) in [7, 11) is 0. The molecule has 158 valence electrons. The largest absolute Gasteiger partial charge is 0.354 e. The standard InChI is InChI=1S/C25H31N3O2/c1-20-7-5-6-8-21(20)17-24(30)28-15-13-27(14-16-28)18-23(29)26-19-25(11-12-25)22-9-3-2-4-10-22/h2-10H,11-19H2,1H3,(H,26,29). The molecule has 0 atom stereocenters. The molecule has 1 N–H and O–H groups in total. The molecule has 2 amide bonds. The van der Waals surface area contributed by atoms with E-state index >= 15 is 0 Å². The molecular formula is C25H31N3O2. The molecule has 0 unspecified atom stereocenters. The van der Waals surface area contributed by atoms with Crippen molar-refractivity contribution in [3.63, 3.8) is 0 Å². The van der Waals surface area contributed by atoms with Crippen LogP contribution in [-0.2, 0) is 21.4 Å². The third-order valence-electron chi connectivity index (χ3n) is 6.56. The molecule has 0 aromatic heterocycles. The van der Waals surface area contributed by atoms with Gasteiger partial charge in [0.05, 0.1) is 13.0 Å². The smallest absolute Gasteiger partial charge is 0.234 e. The van der Waals surface area contributed by atoms with Gasteiger partial charge in [-0.05, 0) is 36.5 Å². The zero-order valence-electron chi connectivity index (χ0n) is 17.8. The molecular weight excluding hydrogens is 374 g/mol. The van der Waals surface area contributed by atoms with Gasteiger partial charge in [0.15, 0.2) is 0 Å². The monoisotopic (exact) mass is 405 g/mol. The van der Waals surface area contributed by atoms with Crippen LogP contribution < -0.4 is 5.32 Å². The number of benzene rings is 2. The second-order valence-corrected chi connectivity index (χ2v) is 8.68. The second-order valence-electron chi connectivity index (χ2n) is 8.68. The van der Waals surface area contributed by atoms with Crippen molar-refractivity contribution in [1.82, 2.24) is 15.1 Å². The minimum Gasteiger partial charge on any atom is -0.354 e. The Balaban J connectivity index is 1.20. The van der Waals surface area contributed by atoms with E-state index in [1.54, 1.807) is 0 Å². The van der Waals surface area contributed by atoms with Crippen LogP contribution in [0.5, 0.6) is 0 Å². The average molecular weight is 406 g/mol. The van der Waals surface area contributed by atoms with Crippen molar-refractivity contribution in [1.29, 1.82) is 0 Å². The minimum absolute atomic E-state index is 0.0805. The van der Waals surface area contributed by atoms with Crippen molar-refractivity contribution in [2.45, 2.75) is 31.6 Å². The molecule has 1 saturated heterocycles. The fourth-order valence-corrected chi connectivity index (χ4v) is 4.28. The minimum atomic E-state index is 0.0805. The second kappa shape index (κ2) is 9.00. The summed E-state index contributed by atoms with van der Waals surface area (Å²) in [5.41, 5.74) is 3.71. The highest BCUT2D eigenvalue weighted by Gasteiger charge is 2.44. The Kier molecular flexibility index (Phi) is 6.18. The summed E-state index contributed by atoms with van der Waals surface area (Å²) in [4.78, 5) is 29.2. The molecule has 0 bridgehead atoms. The SMILES string of the molecule is Cc1ccccc1CC(=O)N1CCN(CC(=O)NCC2(c3ccccc3)CC2)CC1. The first-order chi connectivity index (χ1) is 14.6. The number of nitrogens with zero attached hydrogens (tertiary/aromatic N) is 2. The topological polar surface area (TPSA) is 52.7 Å². The highest BCUT2D eigenvalue weighted by molar-refractivity contribution is 5.80. The molecule has 5 heteroatoms. The lowest BCUT2D eigenvalue weighted by molar-refractivity contribution is -0.132. The Morgan fingerprint density at radius 2 is 1.60 bits per heavy atom. The van der Waals surface area contributed by atoms with Crippen LogP contribution in [0.3, 0.4) is 0 Å². The van der Waals surface area contributed by atoms with Crippen molar-refractivity contribution in [3.8, 4) is 0 Å². The Morgan fingerprint density at radius 1 is 0.933 bits per heavy atom. The van der Waals surface area contributed by atoms with Crippen molar-refractivity contribution < 1.29 is 9.59 Å². The lowest BCUT2D eigenvalue weighted by atomic mass is 9.96. The molecule has 5 nitrogen and oxygen atoms in total. The molecule has 4 rings (SSSR count). The first kappa shape index (κ1) is 20.6. The van der Waals surface area contributed by atoms with E-state index in [0.29, 0.717) is 32.6 Å². The van der Waals surface area contributed by atoms with E-state index in [4.69, 9.17) is 0 Å². The summed E-state index contributed by atoms with van der Waals surface area (Å²) in [6.45, 7) is 6.03. The number of rotatable bonds is 7. The Morgan fingerprint density at radius 3 is 2.27 bits per heavy atom. The van der Waals surface area contributed by atoms with E-state index in [-0.39, 0.29) is 17.2 Å². The van der Waals surface area contributed by atoms with Gasteiger partial charge in [-0.15, -0.1) is 0 Å². The van der Waals surface area contributed by atoms with Gasteiger partial charge in [0, 0.05) is 38.1 Å². The van der Waals surface area contributed by atoms with E-state index in [9.17, 15) is 9.59 Å². The van der Waals surface area contributed by atoms with Gasteiger partial charge >= 0.3 is 0 Å². The summed E-state index contributed by atoms with van der Waals surface area (Å²) in [5.74, 6) is 0.254. The van der Waals surface area contributed by atoms with Crippen molar-refractivity contribution in [2.75, 3.05) is 39.3 Å². The van der Waals surface area contributed by atoms with E-state index in [1.165, 1.54) is 5.56 Å². The number of carbonyl (C=O) groups excluding carboxylic acids is 2. The number of hydrogen-bond acceptors (Lipinski definition) is 3. The molecule has 2 aromatic carbocycles. The Bertz CT molecular complexity index is 884. The van der Waals surface area contributed by atoms with E-state index in [1.807, 2.05) is 42.2 Å². The van der Waals surface area contributed by atoms with Crippen LogP contribution in [0, 0.1) is 6.92 Å². The fraction of sp³-hybridized carbons (Fsp3) is 0.440. The predicted molar refractivity (Wildman–Crippen MR) is 118 cm³/mol. The lowest BCUT2D eigenvalue weighted by Crippen LogP contribution is -2.51. The van der Waals surface area contributed by atoms with Crippen LogP contribution >= 0.6 is 0 Å². The summed E-state index contributed by atoms with van der Waals surface area (Å²) >= 11 is 0. The van der Waals surface area contributed by atoms with E-state index in [0.717, 1.165) is 37.1 Å². The van der Waals surface area contributed by atoms with Gasteiger partial charge in [-0.1, -0.05) is 54.6 Å². The quantitative estimate of drug-likeness (QED) is 0.770. The molecule has 1 heterocycles. The highest BCUT2D eigenvalue weighted by atomic mass is 16.2. The fourth-order valence-electron chi connectivity index (χ4n) is 4.28. The van der Waals surface area contributed by atoms with Crippen LogP contribution in [-0.4, -0.2) is 60.9 Å². The molecule has 30 heavy (non-hydrogen) atoms. The average Bonchev–Trinajstić information content (AvgIpc) is 3.56. The Hall–Kier alpha value is -2.66. The number of aryl methyl sites for hydroxylation is 1. The number of amides is 2. The zero-order valence-corrected chi connectivity index (χ0v) is 17.8. The van der Waals surface area contributed by atoms with E-state index < -0.39 is 0 Å². The van der Waals surface area contributed by atoms with Gasteiger partial charge in [0.2, 0.25) is 11.8 Å². The number of hydrogen-bond donors (Lipinski definition) is 1. The number of nitrogens with one attached hydrogen (secondary N) is 1. The summed E-state index contributed by atoms with van der Waals surface area (Å²) in [6.07, 6.45) is 2.73. The van der Waals surface area contributed by atoms with Crippen LogP contribution in [0.4, 0.5) is 0 Å². The first-order valence-corrected chi connectivity index (χ1v) is 10.9. The molecule has 0 radical (unpaired) electrons. The molecule has 2 aromatic rings. The van der Waals surface area contributed by atoms with Gasteiger partial charge in [0.25, 0.3) is 0 Å². The van der Waals surface area contributed by atoms with Crippen LogP contribution in [0.2, 0.25) is 0 Å². The first-order valence-electron chi connectivity index (χ1n) is 10.9. The van der Waals surface area contributed by atoms with Gasteiger partial charge in [-0.3, -0.25) is 14.5 Å². The zero-order chi connectivity index (χ0) is 21.0. The molecule has 0 spiro atoms. The van der Waals surface area contributed by atoms with E-state index in [2.05, 4.69) is 34.5 Å². The molecule has 2 fully saturated rings. The summed E-state index contributed by atoms with van der Waals surface area (Å²) < 4.78 is 0. The summed E-state index contributed by atoms with van der Waals surface area (Å²) in [5, 5.41) is 3.14. The van der Waals surface area contributed by atoms with Crippen molar-refractivity contribution in [2.24, 2.45) is 0 Å². The van der Waals surface area contributed by atoms with Crippen LogP contribution in [0.15, 0.2) is 54.6 Å². The van der Waals surface area contributed by atoms with Crippen LogP contribution in [0.25, 0.3) is 0 Å². The predicted octanol–water partition coefficient (Wildman–Crippen LogP) is 2.53. The molecule has 1 aliphatic heterocycles. The highest BCUT2D eigenvalue weighted by Crippen LogP contribution is 2.47. The third-order valence-corrected chi connectivity index (χ3v) is 6.56. The summed E-state index contributed by atoms with van der Waals surface area (Å²) in [6, 6.07) is 18.5. The van der Waals surface area contributed by atoms with Gasteiger partial charge < -0.3 is 10.2 Å². The van der Waals surface area contributed by atoms with Gasteiger partial charge in [0.1, 0.15) is 0 Å². The van der Waals surface area contributed by atoms with Crippen molar-refractivity contribution >= 4 is 11.8 Å². The normalized spacial score (nSPS) is 18.1. The maximum absolute atomic E-state index is 12.6. The van der Waals surface area contributed by atoms with Gasteiger partial charge in [-0.2, -0.15) is 0 Å². The number of piperazine rings is 1. The maximum Gasteiger partial charge on any atom is 0.234 e. The lowest BCUT2D eigenvalue weighted by Gasteiger charge is -2.34. The maximum atomic E-state index is 12.6. The Labute approximate surface area is 179 Å². The molecule has 1 saturated carbocycles. The van der Waals surface area contributed by atoms with Crippen LogP contribution in [0.1, 0.15) is 29.5 Å².